The third kappa shape index (κ3) is 2.13. The van der Waals surface area contributed by atoms with Crippen LogP contribution in [0.25, 0.3) is 0 Å². The minimum absolute atomic E-state index is 0.198. The van der Waals surface area contributed by atoms with Crippen LogP contribution >= 0.6 is 11.6 Å². The van der Waals surface area contributed by atoms with Crippen LogP contribution in [0, 0.1) is 0 Å². The molecule has 0 saturated carbocycles. The minimum Gasteiger partial charge on any atom is -0.453 e. The first-order valence-corrected chi connectivity index (χ1v) is 5.67. The van der Waals surface area contributed by atoms with Gasteiger partial charge in [0.25, 0.3) is 0 Å². The normalized spacial score (nSPS) is 18.5. The van der Waals surface area contributed by atoms with Gasteiger partial charge in [0.15, 0.2) is 0 Å². The summed E-state index contributed by atoms with van der Waals surface area (Å²) < 4.78 is 4.75. The zero-order valence-electron chi connectivity index (χ0n) is 9.52. The highest BCUT2D eigenvalue weighted by Crippen LogP contribution is 2.30. The largest absolute Gasteiger partial charge is 0.453 e. The van der Waals surface area contributed by atoms with E-state index in [1.54, 1.807) is 17.0 Å². The van der Waals surface area contributed by atoms with Gasteiger partial charge in [0.1, 0.15) is 5.15 Å². The Kier molecular flexibility index (Phi) is 3.33. The van der Waals surface area contributed by atoms with E-state index in [1.165, 1.54) is 7.11 Å². The zero-order valence-corrected chi connectivity index (χ0v) is 10.3. The van der Waals surface area contributed by atoms with E-state index in [-0.39, 0.29) is 12.1 Å². The van der Waals surface area contributed by atoms with Crippen LogP contribution in [0.3, 0.4) is 0 Å². The molecule has 0 bridgehead atoms. The van der Waals surface area contributed by atoms with Crippen LogP contribution in [0.5, 0.6) is 0 Å². The lowest BCUT2D eigenvalue weighted by Crippen LogP contribution is -2.39. The number of rotatable bonds is 1. The summed E-state index contributed by atoms with van der Waals surface area (Å²) >= 11 is 5.85. The Hall–Kier alpha value is -1.55. The fourth-order valence-electron chi connectivity index (χ4n) is 2.06. The van der Waals surface area contributed by atoms with Crippen molar-refractivity contribution < 1.29 is 9.53 Å². The number of hydrogen-bond donors (Lipinski definition) is 0. The molecule has 1 atom stereocenters. The van der Waals surface area contributed by atoms with E-state index in [9.17, 15) is 4.79 Å². The van der Waals surface area contributed by atoms with Crippen molar-refractivity contribution in [2.45, 2.75) is 12.5 Å². The summed E-state index contributed by atoms with van der Waals surface area (Å²) in [6.45, 7) is 4.32. The molecule has 17 heavy (non-hydrogen) atoms. The van der Waals surface area contributed by atoms with Crippen LogP contribution in [0.2, 0.25) is 5.15 Å². The van der Waals surface area contributed by atoms with Crippen molar-refractivity contribution in [3.63, 3.8) is 0 Å². The number of aromatic nitrogens is 1. The number of ether oxygens (including phenoxy) is 1. The van der Waals surface area contributed by atoms with Crippen molar-refractivity contribution in [3.05, 3.63) is 41.2 Å². The zero-order chi connectivity index (χ0) is 12.4. The highest BCUT2D eigenvalue weighted by molar-refractivity contribution is 6.29. The molecule has 1 amide bonds. The molecule has 0 radical (unpaired) electrons. The van der Waals surface area contributed by atoms with Gasteiger partial charge in [0.2, 0.25) is 0 Å². The maximum Gasteiger partial charge on any atom is 0.410 e. The van der Waals surface area contributed by atoms with Gasteiger partial charge in [-0.2, -0.15) is 0 Å². The molecule has 2 heterocycles. The average Bonchev–Trinajstić information content (AvgIpc) is 2.36. The third-order valence-corrected chi connectivity index (χ3v) is 3.06. The second kappa shape index (κ2) is 4.75. The summed E-state index contributed by atoms with van der Waals surface area (Å²) in [5.74, 6) is 0. The minimum atomic E-state index is -0.351. The first-order chi connectivity index (χ1) is 8.17. The Morgan fingerprint density at radius 2 is 2.47 bits per heavy atom. The quantitative estimate of drug-likeness (QED) is 0.570. The topological polar surface area (TPSA) is 42.4 Å². The fraction of sp³-hybridized carbons (Fsp3) is 0.333. The Balaban J connectivity index is 2.39. The predicted octanol–water partition coefficient (Wildman–Crippen LogP) is 2.59. The monoisotopic (exact) mass is 252 g/mol. The first-order valence-electron chi connectivity index (χ1n) is 5.30. The number of amides is 1. The van der Waals surface area contributed by atoms with E-state index < -0.39 is 0 Å². The second-order valence-electron chi connectivity index (χ2n) is 3.76. The molecule has 1 aromatic heterocycles. The van der Waals surface area contributed by atoms with E-state index >= 15 is 0 Å². The number of carbonyl (C=O) groups excluding carboxylic acids is 1. The summed E-state index contributed by atoms with van der Waals surface area (Å²) in [7, 11) is 1.37. The van der Waals surface area contributed by atoms with Crippen molar-refractivity contribution in [1.29, 1.82) is 0 Å². The Labute approximate surface area is 105 Å². The van der Waals surface area contributed by atoms with Gasteiger partial charge in [-0.05, 0) is 6.07 Å². The van der Waals surface area contributed by atoms with Gasteiger partial charge < -0.3 is 4.74 Å². The van der Waals surface area contributed by atoms with Crippen molar-refractivity contribution in [2.75, 3.05) is 13.7 Å². The molecule has 0 fully saturated rings. The number of methoxy groups -OCH3 is 1. The van der Waals surface area contributed by atoms with E-state index in [0.717, 1.165) is 11.3 Å². The Morgan fingerprint density at radius 3 is 3.12 bits per heavy atom. The smallest absolute Gasteiger partial charge is 0.410 e. The fourth-order valence-corrected chi connectivity index (χ4v) is 2.23. The maximum atomic E-state index is 11.6. The molecule has 1 aliphatic heterocycles. The van der Waals surface area contributed by atoms with Gasteiger partial charge in [-0.3, -0.25) is 4.90 Å². The molecule has 90 valence electrons. The SMILES string of the molecule is C=C[C@H]1c2ccc(Cl)nc2CCN1C(=O)OC. The van der Waals surface area contributed by atoms with Gasteiger partial charge in [-0.1, -0.05) is 23.7 Å². The van der Waals surface area contributed by atoms with Crippen molar-refractivity contribution >= 4 is 17.7 Å². The van der Waals surface area contributed by atoms with Crippen LogP contribution in [-0.4, -0.2) is 29.6 Å². The van der Waals surface area contributed by atoms with Gasteiger partial charge in [0.05, 0.1) is 13.2 Å². The average molecular weight is 253 g/mol. The van der Waals surface area contributed by atoms with Crippen molar-refractivity contribution in [3.8, 4) is 0 Å². The molecule has 4 nitrogen and oxygen atoms in total. The van der Waals surface area contributed by atoms with E-state index in [1.807, 2.05) is 6.07 Å². The summed E-state index contributed by atoms with van der Waals surface area (Å²) in [5, 5.41) is 0.470. The summed E-state index contributed by atoms with van der Waals surface area (Å²) in [6, 6.07) is 3.40. The van der Waals surface area contributed by atoms with Gasteiger partial charge in [-0.25, -0.2) is 9.78 Å². The Bertz CT molecular complexity index is 462. The van der Waals surface area contributed by atoms with Gasteiger partial charge in [0, 0.05) is 24.2 Å². The molecular formula is C12H13ClN2O2. The number of carbonyl (C=O) groups is 1. The van der Waals surface area contributed by atoms with Gasteiger partial charge >= 0.3 is 6.09 Å². The molecule has 2 rings (SSSR count). The second-order valence-corrected chi connectivity index (χ2v) is 4.15. The first kappa shape index (κ1) is 11.9. The number of fused-ring (bicyclic) bond motifs is 1. The standard InChI is InChI=1S/C12H13ClN2O2/c1-3-10-8-4-5-11(13)14-9(8)6-7-15(10)12(16)17-2/h3-5,10H,1,6-7H2,2H3/t10-/m0/s1. The van der Waals surface area contributed by atoms with Crippen molar-refractivity contribution in [2.24, 2.45) is 0 Å². The van der Waals surface area contributed by atoms with Crippen LogP contribution < -0.4 is 0 Å². The lowest BCUT2D eigenvalue weighted by atomic mass is 9.97. The molecule has 0 unspecified atom stereocenters. The molecule has 1 aliphatic rings. The summed E-state index contributed by atoms with van der Waals surface area (Å²) in [5.41, 5.74) is 1.88. The van der Waals surface area contributed by atoms with Crippen LogP contribution in [0.4, 0.5) is 4.79 Å². The van der Waals surface area contributed by atoms with E-state index in [2.05, 4.69) is 11.6 Å². The predicted molar refractivity (Wildman–Crippen MR) is 65.0 cm³/mol. The molecule has 0 saturated heterocycles. The molecular weight excluding hydrogens is 240 g/mol. The van der Waals surface area contributed by atoms with Crippen molar-refractivity contribution in [1.82, 2.24) is 9.88 Å². The van der Waals surface area contributed by atoms with E-state index in [0.29, 0.717) is 18.1 Å². The Morgan fingerprint density at radius 1 is 1.71 bits per heavy atom. The van der Waals surface area contributed by atoms with Crippen LogP contribution in [0.15, 0.2) is 24.8 Å². The highest BCUT2D eigenvalue weighted by atomic mass is 35.5. The number of pyridine rings is 1. The highest BCUT2D eigenvalue weighted by Gasteiger charge is 2.30. The van der Waals surface area contributed by atoms with Gasteiger partial charge in [-0.15, -0.1) is 6.58 Å². The summed E-state index contributed by atoms with van der Waals surface area (Å²) in [6.07, 6.45) is 2.04. The maximum absolute atomic E-state index is 11.6. The van der Waals surface area contributed by atoms with E-state index in [4.69, 9.17) is 16.3 Å². The lowest BCUT2D eigenvalue weighted by Gasteiger charge is -2.33. The lowest BCUT2D eigenvalue weighted by molar-refractivity contribution is 0.110. The molecule has 0 aliphatic carbocycles. The number of nitrogens with zero attached hydrogens (tertiary/aromatic N) is 2. The molecule has 0 spiro atoms. The van der Waals surface area contributed by atoms with Crippen LogP contribution in [-0.2, 0) is 11.2 Å². The molecule has 0 N–H and O–H groups in total. The molecule has 5 heteroatoms. The molecule has 0 aromatic carbocycles. The van der Waals surface area contributed by atoms with Crippen LogP contribution in [0.1, 0.15) is 17.3 Å². The molecule has 1 aromatic rings. The third-order valence-electron chi connectivity index (χ3n) is 2.85. The summed E-state index contributed by atoms with van der Waals surface area (Å²) in [4.78, 5) is 17.5. The number of hydrogen-bond acceptors (Lipinski definition) is 3. The number of halogens is 1.